The van der Waals surface area contributed by atoms with E-state index >= 15 is 0 Å². The number of anilines is 1. The van der Waals surface area contributed by atoms with Gasteiger partial charge in [0, 0.05) is 6.54 Å². The van der Waals surface area contributed by atoms with Crippen LogP contribution in [0, 0.1) is 30.1 Å². The van der Waals surface area contributed by atoms with Crippen molar-refractivity contribution in [3.63, 3.8) is 0 Å². The number of amides is 2. The van der Waals surface area contributed by atoms with Gasteiger partial charge >= 0.3 is 12.0 Å². The van der Waals surface area contributed by atoms with Crippen LogP contribution in [0.2, 0.25) is 0 Å². The predicted molar refractivity (Wildman–Crippen MR) is 143 cm³/mol. The van der Waals surface area contributed by atoms with E-state index in [9.17, 15) is 14.9 Å². The Morgan fingerprint density at radius 1 is 1.08 bits per heavy atom. The molecule has 0 saturated carbocycles. The van der Waals surface area contributed by atoms with E-state index in [0.717, 1.165) is 16.8 Å². The Kier molecular flexibility index (Phi) is 9.45. The molecule has 1 heterocycles. The minimum Gasteiger partial charge on any atom is -0.459 e. The van der Waals surface area contributed by atoms with Gasteiger partial charge in [-0.2, -0.15) is 10.4 Å². The van der Waals surface area contributed by atoms with Crippen molar-refractivity contribution in [2.24, 2.45) is 11.8 Å². The molecule has 2 aromatic carbocycles. The molecule has 0 saturated heterocycles. The van der Waals surface area contributed by atoms with Crippen LogP contribution >= 0.6 is 0 Å². The third-order valence-corrected chi connectivity index (χ3v) is 5.97. The molecular formula is C29H35N5O3. The Hall–Kier alpha value is -4.12. The average Bonchev–Trinajstić information content (AvgIpc) is 3.23. The van der Waals surface area contributed by atoms with Gasteiger partial charge in [-0.05, 0) is 42.0 Å². The standard InChI is InChI=1S/C29H35N5O3/c1-20(2)17-34-22(5)26(16-31-34)33(18-25-13-9-12-24(14-25)15-30)29(36)32-27(21(3)4)28(35)37-19-23-10-7-6-8-11-23/h6-14,16,20-21,27H,17-19H2,1-5H3,(H,32,36). The number of benzene rings is 2. The molecule has 2 amide bonds. The van der Waals surface area contributed by atoms with Crippen LogP contribution in [0.1, 0.15) is 50.1 Å². The van der Waals surface area contributed by atoms with Crippen LogP contribution in [0.15, 0.2) is 60.8 Å². The molecule has 8 heteroatoms. The minimum atomic E-state index is -0.838. The van der Waals surface area contributed by atoms with E-state index in [-0.39, 0.29) is 19.1 Å². The fourth-order valence-electron chi connectivity index (χ4n) is 3.95. The number of carbonyl (C=O) groups excluding carboxylic acids is 2. The van der Waals surface area contributed by atoms with Gasteiger partial charge in [-0.1, -0.05) is 70.2 Å². The quantitative estimate of drug-likeness (QED) is 0.385. The molecule has 8 nitrogen and oxygen atoms in total. The molecule has 0 aliphatic carbocycles. The van der Waals surface area contributed by atoms with Crippen molar-refractivity contribution in [1.82, 2.24) is 15.1 Å². The molecule has 1 aromatic heterocycles. The Morgan fingerprint density at radius 2 is 1.78 bits per heavy atom. The molecular weight excluding hydrogens is 466 g/mol. The molecule has 194 valence electrons. The lowest BCUT2D eigenvalue weighted by Crippen LogP contribution is -2.50. The third kappa shape index (κ3) is 7.43. The first-order valence-corrected chi connectivity index (χ1v) is 12.5. The molecule has 37 heavy (non-hydrogen) atoms. The summed E-state index contributed by atoms with van der Waals surface area (Å²) in [5.74, 6) is -0.308. The summed E-state index contributed by atoms with van der Waals surface area (Å²) in [7, 11) is 0. The normalized spacial score (nSPS) is 11.7. The molecule has 0 aliphatic heterocycles. The third-order valence-electron chi connectivity index (χ3n) is 5.97. The second-order valence-electron chi connectivity index (χ2n) is 9.85. The highest BCUT2D eigenvalue weighted by Crippen LogP contribution is 2.24. The molecule has 0 radical (unpaired) electrons. The number of nitrogens with zero attached hydrogens (tertiary/aromatic N) is 4. The van der Waals surface area contributed by atoms with Gasteiger partial charge in [-0.15, -0.1) is 0 Å². The molecule has 0 bridgehead atoms. The zero-order valence-corrected chi connectivity index (χ0v) is 22.1. The lowest BCUT2D eigenvalue weighted by atomic mass is 10.0. The molecule has 1 atom stereocenters. The van der Waals surface area contributed by atoms with Crippen LogP contribution in [0.5, 0.6) is 0 Å². The highest BCUT2D eigenvalue weighted by Gasteiger charge is 2.30. The van der Waals surface area contributed by atoms with E-state index < -0.39 is 18.0 Å². The zero-order valence-electron chi connectivity index (χ0n) is 22.1. The Bertz CT molecular complexity index is 1240. The minimum absolute atomic E-state index is 0.129. The highest BCUT2D eigenvalue weighted by atomic mass is 16.5. The molecule has 3 aromatic rings. The van der Waals surface area contributed by atoms with Crippen molar-refractivity contribution < 1.29 is 14.3 Å². The number of carbonyl (C=O) groups is 2. The van der Waals surface area contributed by atoms with Gasteiger partial charge in [0.05, 0.1) is 35.8 Å². The van der Waals surface area contributed by atoms with Crippen molar-refractivity contribution in [3.8, 4) is 6.07 Å². The highest BCUT2D eigenvalue weighted by molar-refractivity contribution is 5.95. The van der Waals surface area contributed by atoms with Gasteiger partial charge in [0.15, 0.2) is 0 Å². The second-order valence-corrected chi connectivity index (χ2v) is 9.85. The average molecular weight is 502 g/mol. The maximum Gasteiger partial charge on any atom is 0.329 e. The van der Waals surface area contributed by atoms with Gasteiger partial charge in [-0.3, -0.25) is 9.58 Å². The monoisotopic (exact) mass is 501 g/mol. The van der Waals surface area contributed by atoms with Gasteiger partial charge in [0.1, 0.15) is 12.6 Å². The first-order chi connectivity index (χ1) is 17.7. The van der Waals surface area contributed by atoms with Crippen LogP contribution in [0.3, 0.4) is 0 Å². The number of ether oxygens (including phenoxy) is 1. The molecule has 0 fully saturated rings. The van der Waals surface area contributed by atoms with Gasteiger partial charge < -0.3 is 10.1 Å². The maximum absolute atomic E-state index is 13.7. The summed E-state index contributed by atoms with van der Waals surface area (Å²) < 4.78 is 7.41. The molecule has 1 unspecified atom stereocenters. The first kappa shape index (κ1) is 27.5. The molecule has 0 aliphatic rings. The smallest absolute Gasteiger partial charge is 0.329 e. The number of urea groups is 1. The second kappa shape index (κ2) is 12.7. The fourth-order valence-corrected chi connectivity index (χ4v) is 3.95. The molecule has 3 rings (SSSR count). The lowest BCUT2D eigenvalue weighted by Gasteiger charge is -2.27. The summed E-state index contributed by atoms with van der Waals surface area (Å²) in [6, 6.07) is 17.4. The van der Waals surface area contributed by atoms with E-state index in [1.165, 1.54) is 0 Å². The first-order valence-electron chi connectivity index (χ1n) is 12.5. The van der Waals surface area contributed by atoms with E-state index in [1.54, 1.807) is 29.3 Å². The molecule has 1 N–H and O–H groups in total. The van der Waals surface area contributed by atoms with Crippen LogP contribution in [0.25, 0.3) is 0 Å². The van der Waals surface area contributed by atoms with Gasteiger partial charge in [-0.25, -0.2) is 9.59 Å². The summed E-state index contributed by atoms with van der Waals surface area (Å²) >= 11 is 0. The number of nitrogens with one attached hydrogen (secondary N) is 1. The summed E-state index contributed by atoms with van der Waals surface area (Å²) in [5.41, 5.74) is 3.65. The van der Waals surface area contributed by atoms with Crippen molar-refractivity contribution >= 4 is 17.7 Å². The maximum atomic E-state index is 13.7. The van der Waals surface area contributed by atoms with Gasteiger partial charge in [0.25, 0.3) is 0 Å². The molecule has 0 spiro atoms. The number of esters is 1. The van der Waals surface area contributed by atoms with Crippen LogP contribution in [-0.4, -0.2) is 27.8 Å². The summed E-state index contributed by atoms with van der Waals surface area (Å²) in [6.45, 7) is 10.9. The largest absolute Gasteiger partial charge is 0.459 e. The Labute approximate surface area is 218 Å². The number of hydrogen-bond donors (Lipinski definition) is 1. The van der Waals surface area contributed by atoms with Crippen molar-refractivity contribution in [1.29, 1.82) is 5.26 Å². The fraction of sp³-hybridized carbons (Fsp3) is 0.379. The summed E-state index contributed by atoms with van der Waals surface area (Å²) in [4.78, 5) is 28.2. The number of rotatable bonds is 10. The SMILES string of the molecule is Cc1c(N(Cc2cccc(C#N)c2)C(=O)NC(C(=O)OCc2ccccc2)C(C)C)cnn1CC(C)C. The van der Waals surface area contributed by atoms with Crippen LogP contribution in [0.4, 0.5) is 10.5 Å². The van der Waals surface area contributed by atoms with E-state index in [2.05, 4.69) is 30.3 Å². The van der Waals surface area contributed by atoms with E-state index in [1.807, 2.05) is 61.9 Å². The van der Waals surface area contributed by atoms with Crippen molar-refractivity contribution in [3.05, 3.63) is 83.2 Å². The Morgan fingerprint density at radius 3 is 2.43 bits per heavy atom. The van der Waals surface area contributed by atoms with Crippen molar-refractivity contribution in [2.75, 3.05) is 4.90 Å². The summed E-state index contributed by atoms with van der Waals surface area (Å²) in [6.07, 6.45) is 1.67. The number of hydrogen-bond acceptors (Lipinski definition) is 5. The van der Waals surface area contributed by atoms with E-state index in [4.69, 9.17) is 4.74 Å². The van der Waals surface area contributed by atoms with Crippen LogP contribution in [-0.2, 0) is 29.2 Å². The Balaban J connectivity index is 1.85. The number of nitriles is 1. The lowest BCUT2D eigenvalue weighted by molar-refractivity contribution is -0.148. The zero-order chi connectivity index (χ0) is 26.9. The summed E-state index contributed by atoms with van der Waals surface area (Å²) in [5, 5.41) is 16.7. The topological polar surface area (TPSA) is 100 Å². The van der Waals surface area contributed by atoms with Crippen molar-refractivity contribution in [2.45, 2.75) is 60.4 Å². The van der Waals surface area contributed by atoms with Crippen LogP contribution < -0.4 is 10.2 Å². The van der Waals surface area contributed by atoms with E-state index in [0.29, 0.717) is 23.7 Å². The predicted octanol–water partition coefficient (Wildman–Crippen LogP) is 5.20. The number of aromatic nitrogens is 2. The van der Waals surface area contributed by atoms with Gasteiger partial charge in [0.2, 0.25) is 0 Å².